The van der Waals surface area contributed by atoms with E-state index in [0.29, 0.717) is 17.2 Å². The largest absolute Gasteiger partial charge is 0.465 e. The number of hydrogen-bond donors (Lipinski definition) is 0. The van der Waals surface area contributed by atoms with Crippen LogP contribution in [-0.2, 0) is 21.3 Å². The second-order valence-corrected chi connectivity index (χ2v) is 5.67. The van der Waals surface area contributed by atoms with Crippen LogP contribution < -0.4 is 0 Å². The third-order valence-electron chi connectivity index (χ3n) is 2.81. The summed E-state index contributed by atoms with van der Waals surface area (Å²) in [5.41, 5.74) is 1.05. The molecule has 6 heteroatoms. The molecule has 0 amide bonds. The highest BCUT2D eigenvalue weighted by Gasteiger charge is 2.12. The van der Waals surface area contributed by atoms with Gasteiger partial charge in [0.15, 0.2) is 0 Å². The van der Waals surface area contributed by atoms with E-state index in [1.54, 1.807) is 24.3 Å². The van der Waals surface area contributed by atoms with Gasteiger partial charge in [0.05, 0.1) is 34.1 Å². The summed E-state index contributed by atoms with van der Waals surface area (Å²) in [7, 11) is -0.351. The average molecular weight is 310 g/mol. The monoisotopic (exact) mass is 310 g/mol. The van der Waals surface area contributed by atoms with Gasteiger partial charge in [-0.15, -0.1) is 0 Å². The van der Waals surface area contributed by atoms with Crippen LogP contribution >= 0.6 is 0 Å². The Kier molecular flexibility index (Phi) is 4.80. The van der Waals surface area contributed by atoms with Gasteiger partial charge < -0.3 is 4.74 Å². The standard InChI is InChI=1S/C15H12F2O3S/c1-20-15(18)11-4-2-10(3-5-11)9-21(19)14-7-6-12(16)8-13(14)17/h2-8H,9H2,1H3. The fourth-order valence-corrected chi connectivity index (χ4v) is 2.89. The molecule has 0 aliphatic rings. The summed E-state index contributed by atoms with van der Waals surface area (Å²) in [6.07, 6.45) is 0. The van der Waals surface area contributed by atoms with Crippen LogP contribution in [0.3, 0.4) is 0 Å². The molecule has 2 aromatic carbocycles. The van der Waals surface area contributed by atoms with E-state index in [9.17, 15) is 17.8 Å². The molecule has 21 heavy (non-hydrogen) atoms. The normalized spacial score (nSPS) is 12.0. The van der Waals surface area contributed by atoms with Crippen molar-refractivity contribution in [3.8, 4) is 0 Å². The van der Waals surface area contributed by atoms with Gasteiger partial charge in [-0.1, -0.05) is 12.1 Å². The van der Waals surface area contributed by atoms with E-state index in [-0.39, 0.29) is 10.6 Å². The Bertz CT molecular complexity index is 684. The summed E-state index contributed by atoms with van der Waals surface area (Å²) in [4.78, 5) is 11.2. The molecule has 2 aromatic rings. The van der Waals surface area contributed by atoms with Crippen LogP contribution in [0.1, 0.15) is 15.9 Å². The highest BCUT2D eigenvalue weighted by atomic mass is 32.2. The number of hydrogen-bond acceptors (Lipinski definition) is 3. The number of esters is 1. The number of methoxy groups -OCH3 is 1. The minimum absolute atomic E-state index is 0.0477. The van der Waals surface area contributed by atoms with Crippen molar-refractivity contribution in [3.63, 3.8) is 0 Å². The lowest BCUT2D eigenvalue weighted by Crippen LogP contribution is -2.03. The maximum absolute atomic E-state index is 13.5. The predicted octanol–water partition coefficient (Wildman–Crippen LogP) is 3.06. The summed E-state index contributed by atoms with van der Waals surface area (Å²) < 4.78 is 43.0. The van der Waals surface area contributed by atoms with Gasteiger partial charge in [0.1, 0.15) is 11.6 Å². The van der Waals surface area contributed by atoms with Crippen molar-refractivity contribution in [3.05, 3.63) is 65.2 Å². The van der Waals surface area contributed by atoms with Crippen molar-refractivity contribution in [2.45, 2.75) is 10.6 Å². The molecule has 0 bridgehead atoms. The number of carbonyl (C=O) groups excluding carboxylic acids is 1. The van der Waals surface area contributed by atoms with Crippen LogP contribution in [0.25, 0.3) is 0 Å². The van der Waals surface area contributed by atoms with Gasteiger partial charge in [-0.05, 0) is 29.8 Å². The number of ether oxygens (including phenoxy) is 1. The summed E-state index contributed by atoms with van der Waals surface area (Å²) >= 11 is 0. The van der Waals surface area contributed by atoms with Crippen molar-refractivity contribution in [2.24, 2.45) is 0 Å². The molecule has 0 saturated heterocycles. The van der Waals surface area contributed by atoms with Crippen molar-refractivity contribution >= 4 is 16.8 Å². The first kappa shape index (κ1) is 15.3. The molecular weight excluding hydrogens is 298 g/mol. The molecule has 0 aliphatic carbocycles. The molecule has 2 rings (SSSR count). The first-order valence-electron chi connectivity index (χ1n) is 6.02. The van der Waals surface area contributed by atoms with Crippen LogP contribution in [0.4, 0.5) is 8.78 Å². The molecule has 0 aliphatic heterocycles. The molecule has 1 unspecified atom stereocenters. The van der Waals surface area contributed by atoms with E-state index in [4.69, 9.17) is 0 Å². The third-order valence-corrected chi connectivity index (χ3v) is 4.23. The SMILES string of the molecule is COC(=O)c1ccc(CS(=O)c2ccc(F)cc2F)cc1. The zero-order valence-electron chi connectivity index (χ0n) is 11.1. The van der Waals surface area contributed by atoms with E-state index in [1.807, 2.05) is 0 Å². The quantitative estimate of drug-likeness (QED) is 0.815. The van der Waals surface area contributed by atoms with E-state index in [0.717, 1.165) is 6.07 Å². The zero-order valence-corrected chi connectivity index (χ0v) is 12.0. The summed E-state index contributed by atoms with van der Waals surface area (Å²) in [5, 5.41) is 0. The molecule has 1 atom stereocenters. The van der Waals surface area contributed by atoms with Crippen LogP contribution in [0.15, 0.2) is 47.4 Å². The van der Waals surface area contributed by atoms with Crippen molar-refractivity contribution in [1.29, 1.82) is 0 Å². The van der Waals surface area contributed by atoms with Gasteiger partial charge in [0.2, 0.25) is 0 Å². The minimum Gasteiger partial charge on any atom is -0.465 e. The van der Waals surface area contributed by atoms with E-state index >= 15 is 0 Å². The number of halogens is 2. The van der Waals surface area contributed by atoms with Gasteiger partial charge in [0.25, 0.3) is 0 Å². The topological polar surface area (TPSA) is 43.4 Å². The number of carbonyl (C=O) groups is 1. The Morgan fingerprint density at radius 2 is 1.81 bits per heavy atom. The predicted molar refractivity (Wildman–Crippen MR) is 74.3 cm³/mol. The Hall–Kier alpha value is -2.08. The first-order valence-corrected chi connectivity index (χ1v) is 7.34. The van der Waals surface area contributed by atoms with Crippen molar-refractivity contribution in [2.75, 3.05) is 7.11 Å². The average Bonchev–Trinajstić information content (AvgIpc) is 2.47. The lowest BCUT2D eigenvalue weighted by atomic mass is 10.1. The lowest BCUT2D eigenvalue weighted by Gasteiger charge is -2.05. The molecule has 0 N–H and O–H groups in total. The highest BCUT2D eigenvalue weighted by Crippen LogP contribution is 2.17. The Balaban J connectivity index is 2.14. The van der Waals surface area contributed by atoms with Crippen LogP contribution in [0.2, 0.25) is 0 Å². The molecular formula is C15H12F2O3S. The molecule has 0 spiro atoms. The Labute approximate surface area is 123 Å². The molecule has 0 heterocycles. The van der Waals surface area contributed by atoms with E-state index < -0.39 is 28.4 Å². The van der Waals surface area contributed by atoms with E-state index in [1.165, 1.54) is 13.2 Å². The second kappa shape index (κ2) is 6.58. The maximum Gasteiger partial charge on any atom is 0.337 e. The molecule has 0 fully saturated rings. The van der Waals surface area contributed by atoms with Crippen LogP contribution in [0, 0.1) is 11.6 Å². The fraction of sp³-hybridized carbons (Fsp3) is 0.133. The first-order chi connectivity index (χ1) is 10.0. The van der Waals surface area contributed by atoms with Gasteiger partial charge in [-0.3, -0.25) is 4.21 Å². The summed E-state index contributed by atoms with van der Waals surface area (Å²) in [6, 6.07) is 9.25. The van der Waals surface area contributed by atoms with Crippen molar-refractivity contribution in [1.82, 2.24) is 0 Å². The third kappa shape index (κ3) is 3.72. The van der Waals surface area contributed by atoms with Gasteiger partial charge >= 0.3 is 5.97 Å². The summed E-state index contributed by atoms with van der Waals surface area (Å²) in [5.74, 6) is -1.94. The van der Waals surface area contributed by atoms with Gasteiger partial charge in [-0.25, -0.2) is 13.6 Å². The highest BCUT2D eigenvalue weighted by molar-refractivity contribution is 7.84. The summed E-state index contributed by atoms with van der Waals surface area (Å²) in [6.45, 7) is 0. The Morgan fingerprint density at radius 3 is 2.38 bits per heavy atom. The molecule has 3 nitrogen and oxygen atoms in total. The molecule has 110 valence electrons. The van der Waals surface area contributed by atoms with E-state index in [2.05, 4.69) is 4.74 Å². The number of benzene rings is 2. The molecule has 0 saturated carbocycles. The van der Waals surface area contributed by atoms with Gasteiger partial charge in [0, 0.05) is 6.07 Å². The number of rotatable bonds is 4. The van der Waals surface area contributed by atoms with Crippen LogP contribution in [-0.4, -0.2) is 17.3 Å². The van der Waals surface area contributed by atoms with Crippen molar-refractivity contribution < 1.29 is 22.5 Å². The Morgan fingerprint density at radius 1 is 1.14 bits per heavy atom. The molecule has 0 aromatic heterocycles. The molecule has 0 radical (unpaired) electrons. The fourth-order valence-electron chi connectivity index (χ4n) is 1.74. The lowest BCUT2D eigenvalue weighted by molar-refractivity contribution is 0.0600. The van der Waals surface area contributed by atoms with Crippen LogP contribution in [0.5, 0.6) is 0 Å². The minimum atomic E-state index is -1.63. The smallest absolute Gasteiger partial charge is 0.337 e. The zero-order chi connectivity index (χ0) is 15.4. The maximum atomic E-state index is 13.5. The van der Waals surface area contributed by atoms with Gasteiger partial charge in [-0.2, -0.15) is 0 Å². The second-order valence-electron chi connectivity index (χ2n) is 4.25.